The SMILES string of the molecule is CCN(CC)C(=O)CN(C)C(=O)COC(=O)CN1C(=O)N[C@@]2(CCCC[C@@H]2C)C1=O. The molecule has 5 amide bonds. The van der Waals surface area contributed by atoms with Crippen LogP contribution in [0.5, 0.6) is 0 Å². The Kier molecular flexibility index (Phi) is 7.80. The maximum Gasteiger partial charge on any atom is 0.326 e. The van der Waals surface area contributed by atoms with Gasteiger partial charge in [0.15, 0.2) is 6.61 Å². The monoisotopic (exact) mass is 424 g/mol. The lowest BCUT2D eigenvalue weighted by Gasteiger charge is -2.36. The molecule has 0 aromatic rings. The molecular weight excluding hydrogens is 392 g/mol. The molecule has 2 fully saturated rings. The van der Waals surface area contributed by atoms with Gasteiger partial charge in [0.25, 0.3) is 11.8 Å². The molecule has 168 valence electrons. The molecule has 1 heterocycles. The molecule has 1 N–H and O–H groups in total. The van der Waals surface area contributed by atoms with Crippen LogP contribution < -0.4 is 5.32 Å². The standard InChI is InChI=1S/C20H32N4O6/c1-5-23(6-2)15(25)11-22(4)16(26)13-30-17(27)12-24-18(28)20(21-19(24)29)10-8-7-9-14(20)3/h14H,5-13H2,1-4H3,(H,21,29)/t14-,20+/m0/s1. The van der Waals surface area contributed by atoms with E-state index in [9.17, 15) is 24.0 Å². The second-order valence-electron chi connectivity index (χ2n) is 7.92. The quantitative estimate of drug-likeness (QED) is 0.444. The van der Waals surface area contributed by atoms with Crippen molar-refractivity contribution in [3.05, 3.63) is 0 Å². The summed E-state index contributed by atoms with van der Waals surface area (Å²) in [6.45, 7) is 5.47. The molecule has 1 aliphatic carbocycles. The van der Waals surface area contributed by atoms with E-state index in [0.717, 1.165) is 24.2 Å². The number of likely N-dealkylation sites (N-methyl/N-ethyl adjacent to an activating group) is 2. The van der Waals surface area contributed by atoms with Gasteiger partial charge in [-0.1, -0.05) is 19.8 Å². The number of nitrogens with one attached hydrogen (secondary N) is 1. The third-order valence-corrected chi connectivity index (χ3v) is 6.06. The Morgan fingerprint density at radius 1 is 1.17 bits per heavy atom. The van der Waals surface area contributed by atoms with Crippen molar-refractivity contribution < 1.29 is 28.7 Å². The van der Waals surface area contributed by atoms with E-state index in [1.165, 1.54) is 11.9 Å². The molecule has 30 heavy (non-hydrogen) atoms. The summed E-state index contributed by atoms with van der Waals surface area (Å²) in [5.41, 5.74) is -0.948. The molecule has 10 heteroatoms. The third kappa shape index (κ3) is 4.91. The van der Waals surface area contributed by atoms with Gasteiger partial charge < -0.3 is 19.9 Å². The molecule has 2 aliphatic rings. The average molecular weight is 424 g/mol. The predicted molar refractivity (Wildman–Crippen MR) is 107 cm³/mol. The van der Waals surface area contributed by atoms with Crippen molar-refractivity contribution in [3.8, 4) is 0 Å². The van der Waals surface area contributed by atoms with Crippen molar-refractivity contribution in [1.29, 1.82) is 0 Å². The summed E-state index contributed by atoms with van der Waals surface area (Å²) in [6.07, 6.45) is 3.22. The van der Waals surface area contributed by atoms with Gasteiger partial charge >= 0.3 is 12.0 Å². The minimum Gasteiger partial charge on any atom is -0.454 e. The van der Waals surface area contributed by atoms with Gasteiger partial charge in [-0.2, -0.15) is 0 Å². The summed E-state index contributed by atoms with van der Waals surface area (Å²) in [6, 6.07) is -0.612. The highest BCUT2D eigenvalue weighted by Crippen LogP contribution is 2.38. The van der Waals surface area contributed by atoms with Crippen LogP contribution in [0.4, 0.5) is 4.79 Å². The lowest BCUT2D eigenvalue weighted by Crippen LogP contribution is -2.54. The molecule has 1 aliphatic heterocycles. The fourth-order valence-electron chi connectivity index (χ4n) is 4.03. The maximum atomic E-state index is 12.8. The fourth-order valence-corrected chi connectivity index (χ4v) is 4.03. The third-order valence-electron chi connectivity index (χ3n) is 6.06. The first-order valence-electron chi connectivity index (χ1n) is 10.5. The molecule has 1 saturated heterocycles. The molecule has 0 radical (unpaired) electrons. The van der Waals surface area contributed by atoms with Crippen molar-refractivity contribution in [2.24, 2.45) is 5.92 Å². The first kappa shape index (κ1) is 23.6. The van der Waals surface area contributed by atoms with Crippen molar-refractivity contribution in [3.63, 3.8) is 0 Å². The number of amides is 5. The van der Waals surface area contributed by atoms with Gasteiger partial charge in [0, 0.05) is 20.1 Å². The number of esters is 1. The molecule has 1 saturated carbocycles. The Morgan fingerprint density at radius 2 is 1.83 bits per heavy atom. The fraction of sp³-hybridized carbons (Fsp3) is 0.750. The number of carbonyl (C=O) groups is 5. The highest BCUT2D eigenvalue weighted by molar-refractivity contribution is 6.09. The zero-order valence-corrected chi connectivity index (χ0v) is 18.2. The van der Waals surface area contributed by atoms with E-state index in [2.05, 4.69) is 5.32 Å². The first-order valence-corrected chi connectivity index (χ1v) is 10.5. The highest BCUT2D eigenvalue weighted by atomic mass is 16.5. The average Bonchev–Trinajstić information content (AvgIpc) is 2.94. The van der Waals surface area contributed by atoms with Gasteiger partial charge in [-0.25, -0.2) is 4.79 Å². The Balaban J connectivity index is 1.85. The normalized spacial score (nSPS) is 23.3. The van der Waals surface area contributed by atoms with E-state index in [-0.39, 0.29) is 18.4 Å². The van der Waals surface area contributed by atoms with Crippen LogP contribution in [0.1, 0.15) is 46.5 Å². The molecule has 0 unspecified atom stereocenters. The lowest BCUT2D eigenvalue weighted by atomic mass is 9.73. The number of nitrogens with zero attached hydrogens (tertiary/aromatic N) is 3. The molecule has 1 spiro atoms. The maximum absolute atomic E-state index is 12.8. The van der Waals surface area contributed by atoms with Crippen LogP contribution in [0.15, 0.2) is 0 Å². The Labute approximate surface area is 176 Å². The van der Waals surface area contributed by atoms with E-state index < -0.39 is 42.5 Å². The second kappa shape index (κ2) is 9.90. The minimum absolute atomic E-state index is 0.0118. The van der Waals surface area contributed by atoms with E-state index in [1.807, 2.05) is 20.8 Å². The van der Waals surface area contributed by atoms with Gasteiger partial charge in [0.1, 0.15) is 12.1 Å². The zero-order chi connectivity index (χ0) is 22.5. The number of hydrogen-bond donors (Lipinski definition) is 1. The van der Waals surface area contributed by atoms with Gasteiger partial charge in [-0.3, -0.25) is 24.1 Å². The molecule has 0 aromatic carbocycles. The number of rotatable bonds is 8. The van der Waals surface area contributed by atoms with Crippen LogP contribution in [0.25, 0.3) is 0 Å². The lowest BCUT2D eigenvalue weighted by molar-refractivity contribution is -0.154. The van der Waals surface area contributed by atoms with Crippen LogP contribution >= 0.6 is 0 Å². The zero-order valence-electron chi connectivity index (χ0n) is 18.2. The van der Waals surface area contributed by atoms with Gasteiger partial charge in [-0.15, -0.1) is 0 Å². The number of carbonyl (C=O) groups excluding carboxylic acids is 5. The van der Waals surface area contributed by atoms with Crippen molar-refractivity contribution in [2.45, 2.75) is 52.0 Å². The topological polar surface area (TPSA) is 116 Å². The van der Waals surface area contributed by atoms with E-state index in [0.29, 0.717) is 19.5 Å². The smallest absolute Gasteiger partial charge is 0.326 e. The van der Waals surface area contributed by atoms with E-state index in [1.54, 1.807) is 4.90 Å². The van der Waals surface area contributed by atoms with Gasteiger partial charge in [0.05, 0.1) is 6.54 Å². The van der Waals surface area contributed by atoms with E-state index in [4.69, 9.17) is 4.74 Å². The Morgan fingerprint density at radius 3 is 2.43 bits per heavy atom. The van der Waals surface area contributed by atoms with Crippen molar-refractivity contribution in [1.82, 2.24) is 20.0 Å². The molecule has 0 aromatic heterocycles. The minimum atomic E-state index is -0.948. The van der Waals surface area contributed by atoms with Crippen molar-refractivity contribution in [2.75, 3.05) is 39.8 Å². The summed E-state index contributed by atoms with van der Waals surface area (Å²) in [7, 11) is 1.45. The summed E-state index contributed by atoms with van der Waals surface area (Å²) in [5, 5.41) is 2.76. The van der Waals surface area contributed by atoms with Crippen LogP contribution in [0, 0.1) is 5.92 Å². The number of imide groups is 1. The van der Waals surface area contributed by atoms with Crippen LogP contribution in [-0.2, 0) is 23.9 Å². The number of urea groups is 1. The molecule has 2 atom stereocenters. The van der Waals surface area contributed by atoms with Crippen LogP contribution in [0.2, 0.25) is 0 Å². The Bertz CT molecular complexity index is 707. The Hall–Kier alpha value is -2.65. The molecule has 0 bridgehead atoms. The second-order valence-corrected chi connectivity index (χ2v) is 7.92. The van der Waals surface area contributed by atoms with E-state index >= 15 is 0 Å². The summed E-state index contributed by atoms with van der Waals surface area (Å²) < 4.78 is 4.95. The predicted octanol–water partition coefficient (Wildman–Crippen LogP) is 0.357. The van der Waals surface area contributed by atoms with Gasteiger partial charge in [0.2, 0.25) is 5.91 Å². The van der Waals surface area contributed by atoms with Crippen LogP contribution in [-0.4, -0.2) is 89.8 Å². The summed E-state index contributed by atoms with van der Waals surface area (Å²) in [4.78, 5) is 65.2. The first-order chi connectivity index (χ1) is 14.2. The molecular formula is C20H32N4O6. The molecule has 2 rings (SSSR count). The number of ether oxygens (including phenoxy) is 1. The number of hydrogen-bond acceptors (Lipinski definition) is 6. The van der Waals surface area contributed by atoms with Crippen molar-refractivity contribution >= 4 is 29.7 Å². The summed E-state index contributed by atoms with van der Waals surface area (Å²) >= 11 is 0. The summed E-state index contributed by atoms with van der Waals surface area (Å²) in [5.74, 6) is -2.02. The highest BCUT2D eigenvalue weighted by Gasteiger charge is 2.55. The van der Waals surface area contributed by atoms with Gasteiger partial charge in [-0.05, 0) is 32.6 Å². The molecule has 10 nitrogen and oxygen atoms in total. The largest absolute Gasteiger partial charge is 0.454 e. The van der Waals surface area contributed by atoms with Crippen LogP contribution in [0.3, 0.4) is 0 Å².